The Morgan fingerprint density at radius 1 is 1.07 bits per heavy atom. The van der Waals surface area contributed by atoms with Crippen LogP contribution in [0.1, 0.15) is 0 Å². The van der Waals surface area contributed by atoms with Crippen molar-refractivity contribution in [3.05, 3.63) is 48.5 Å². The number of rotatable bonds is 5. The van der Waals surface area contributed by atoms with Crippen LogP contribution in [-0.4, -0.2) is 40.4 Å². The van der Waals surface area contributed by atoms with E-state index in [2.05, 4.69) is 20.1 Å². The molecule has 0 unspecified atom stereocenters. The van der Waals surface area contributed by atoms with Crippen molar-refractivity contribution in [2.45, 2.75) is 12.4 Å². The minimum atomic E-state index is -4.74. The molecule has 0 aliphatic carbocycles. The van der Waals surface area contributed by atoms with Crippen molar-refractivity contribution < 1.29 is 22.6 Å². The van der Waals surface area contributed by atoms with Gasteiger partial charge in [0.05, 0.1) is 24.9 Å². The number of nitrogen functional groups attached to an aromatic ring is 1. The van der Waals surface area contributed by atoms with Gasteiger partial charge in [0.1, 0.15) is 5.75 Å². The maximum atomic E-state index is 12.4. The van der Waals surface area contributed by atoms with E-state index in [1.807, 2.05) is 0 Å². The number of hydrogen-bond donors (Lipinski definition) is 2. The average Bonchev–Trinajstić information content (AvgIpc) is 3.02. The zero-order valence-corrected chi connectivity index (χ0v) is 14.5. The first-order valence-electron chi connectivity index (χ1n) is 8.41. The number of ether oxygens (including phenoxy) is 2. The number of alkyl halides is 3. The van der Waals surface area contributed by atoms with Crippen LogP contribution in [0.25, 0.3) is 17.1 Å². The zero-order valence-electron chi connectivity index (χ0n) is 14.5. The van der Waals surface area contributed by atoms with Crippen LogP contribution in [0, 0.1) is 0 Å². The van der Waals surface area contributed by atoms with Crippen molar-refractivity contribution in [3.63, 3.8) is 0 Å². The van der Waals surface area contributed by atoms with E-state index >= 15 is 0 Å². The van der Waals surface area contributed by atoms with Gasteiger partial charge in [0.15, 0.2) is 5.82 Å². The van der Waals surface area contributed by atoms with Crippen molar-refractivity contribution in [2.75, 3.05) is 24.3 Å². The first kappa shape index (κ1) is 18.1. The molecule has 0 bridgehead atoms. The molecular weight excluding hydrogens is 375 g/mol. The van der Waals surface area contributed by atoms with Crippen molar-refractivity contribution in [1.82, 2.24) is 14.8 Å². The van der Waals surface area contributed by atoms with Crippen LogP contribution in [-0.2, 0) is 4.74 Å². The molecule has 0 radical (unpaired) electrons. The van der Waals surface area contributed by atoms with Crippen molar-refractivity contribution in [1.29, 1.82) is 0 Å². The quantitative estimate of drug-likeness (QED) is 0.650. The number of aromatic nitrogens is 3. The molecule has 2 heterocycles. The largest absolute Gasteiger partial charge is 0.573 e. The normalized spacial score (nSPS) is 14.5. The minimum absolute atomic E-state index is 0.0926. The van der Waals surface area contributed by atoms with E-state index in [0.717, 1.165) is 5.56 Å². The second kappa shape index (κ2) is 7.04. The lowest BCUT2D eigenvalue weighted by molar-refractivity contribution is -0.274. The number of benzene rings is 2. The van der Waals surface area contributed by atoms with E-state index in [9.17, 15) is 13.2 Å². The molecule has 1 aliphatic heterocycles. The van der Waals surface area contributed by atoms with Gasteiger partial charge in [-0.3, -0.25) is 0 Å². The summed E-state index contributed by atoms with van der Waals surface area (Å²) >= 11 is 0. The molecule has 1 fully saturated rings. The van der Waals surface area contributed by atoms with Crippen LogP contribution >= 0.6 is 0 Å². The number of hydrogen-bond acceptors (Lipinski definition) is 6. The zero-order chi connectivity index (χ0) is 19.7. The van der Waals surface area contributed by atoms with Crippen molar-refractivity contribution in [3.8, 4) is 22.8 Å². The number of anilines is 2. The number of nitrogens with one attached hydrogen (secondary N) is 1. The van der Waals surface area contributed by atoms with Gasteiger partial charge in [-0.25, -0.2) is 0 Å². The molecule has 2 aromatic carbocycles. The third-order valence-corrected chi connectivity index (χ3v) is 4.06. The summed E-state index contributed by atoms with van der Waals surface area (Å²) in [6.07, 6.45) is -4.74. The summed E-state index contributed by atoms with van der Waals surface area (Å²) in [7, 11) is 0. The third-order valence-electron chi connectivity index (χ3n) is 4.06. The van der Waals surface area contributed by atoms with Gasteiger partial charge in [0.2, 0.25) is 5.95 Å². The topological polar surface area (TPSA) is 87.2 Å². The Hall–Kier alpha value is -3.27. The highest BCUT2D eigenvalue weighted by Gasteiger charge is 2.31. The van der Waals surface area contributed by atoms with E-state index in [-0.39, 0.29) is 11.8 Å². The number of halogens is 3. The molecule has 0 atom stereocenters. The molecule has 10 heteroatoms. The van der Waals surface area contributed by atoms with E-state index in [1.165, 1.54) is 28.9 Å². The SMILES string of the molecule is Nc1ccc(-c2nc(NC3COC3)n(-c3ccc(OC(F)(F)F)cc3)n2)cc1. The summed E-state index contributed by atoms with van der Waals surface area (Å²) in [5, 5.41) is 7.72. The predicted molar refractivity (Wildman–Crippen MR) is 96.1 cm³/mol. The van der Waals surface area contributed by atoms with E-state index < -0.39 is 6.36 Å². The standard InChI is InChI=1S/C18H16F3N5O2/c19-18(20,21)28-15-7-5-14(6-8-15)26-17(23-13-9-27-10-13)24-16(25-26)11-1-3-12(22)4-2-11/h1-8,13H,9-10,22H2,(H,23,24,25). The van der Waals surface area contributed by atoms with Crippen LogP contribution in [0.5, 0.6) is 5.75 Å². The van der Waals surface area contributed by atoms with E-state index in [0.29, 0.717) is 36.4 Å². The van der Waals surface area contributed by atoms with Gasteiger partial charge in [-0.05, 0) is 48.5 Å². The molecule has 1 aliphatic rings. The molecule has 146 valence electrons. The lowest BCUT2D eigenvalue weighted by Gasteiger charge is -2.27. The van der Waals surface area contributed by atoms with E-state index in [1.54, 1.807) is 24.3 Å². The van der Waals surface area contributed by atoms with Gasteiger partial charge in [-0.1, -0.05) is 0 Å². The summed E-state index contributed by atoms with van der Waals surface area (Å²) in [4.78, 5) is 4.52. The number of nitrogens with two attached hydrogens (primary N) is 1. The van der Waals surface area contributed by atoms with Gasteiger partial charge in [0.25, 0.3) is 0 Å². The Balaban J connectivity index is 1.66. The first-order valence-corrected chi connectivity index (χ1v) is 8.41. The first-order chi connectivity index (χ1) is 13.4. The highest BCUT2D eigenvalue weighted by atomic mass is 19.4. The van der Waals surface area contributed by atoms with Crippen LogP contribution in [0.3, 0.4) is 0 Å². The fourth-order valence-electron chi connectivity index (χ4n) is 2.63. The third kappa shape index (κ3) is 4.01. The second-order valence-electron chi connectivity index (χ2n) is 6.21. The molecule has 4 rings (SSSR count). The molecule has 1 aromatic heterocycles. The highest BCUT2D eigenvalue weighted by Crippen LogP contribution is 2.26. The van der Waals surface area contributed by atoms with Gasteiger partial charge >= 0.3 is 6.36 Å². The molecule has 7 nitrogen and oxygen atoms in total. The molecule has 0 spiro atoms. The molecule has 0 saturated carbocycles. The molecule has 3 N–H and O–H groups in total. The smallest absolute Gasteiger partial charge is 0.406 e. The highest BCUT2D eigenvalue weighted by molar-refractivity contribution is 5.60. The summed E-state index contributed by atoms with van der Waals surface area (Å²) in [5.41, 5.74) is 7.63. The van der Waals surface area contributed by atoms with Gasteiger partial charge in [-0.15, -0.1) is 18.3 Å². The minimum Gasteiger partial charge on any atom is -0.406 e. The second-order valence-corrected chi connectivity index (χ2v) is 6.21. The Bertz CT molecular complexity index is 951. The number of nitrogens with zero attached hydrogens (tertiary/aromatic N) is 3. The monoisotopic (exact) mass is 391 g/mol. The molecule has 1 saturated heterocycles. The molecular formula is C18H16F3N5O2. The Morgan fingerprint density at radius 2 is 1.75 bits per heavy atom. The summed E-state index contributed by atoms with van der Waals surface area (Å²) < 4.78 is 47.7. The summed E-state index contributed by atoms with van der Waals surface area (Å²) in [6, 6.07) is 12.6. The summed E-state index contributed by atoms with van der Waals surface area (Å²) in [6.45, 7) is 1.09. The fraction of sp³-hybridized carbons (Fsp3) is 0.222. The van der Waals surface area contributed by atoms with Crippen LogP contribution in [0.4, 0.5) is 24.8 Å². The van der Waals surface area contributed by atoms with E-state index in [4.69, 9.17) is 10.5 Å². The van der Waals surface area contributed by atoms with Crippen LogP contribution in [0.2, 0.25) is 0 Å². The summed E-state index contributed by atoms with van der Waals surface area (Å²) in [5.74, 6) is 0.611. The Labute approximate surface area is 157 Å². The fourth-order valence-corrected chi connectivity index (χ4v) is 2.63. The molecule has 28 heavy (non-hydrogen) atoms. The lowest BCUT2D eigenvalue weighted by atomic mass is 10.2. The molecule has 3 aromatic rings. The maximum Gasteiger partial charge on any atom is 0.573 e. The van der Waals surface area contributed by atoms with Crippen molar-refractivity contribution in [2.24, 2.45) is 0 Å². The Kier molecular flexibility index (Phi) is 4.55. The average molecular weight is 391 g/mol. The lowest BCUT2D eigenvalue weighted by Crippen LogP contribution is -2.41. The van der Waals surface area contributed by atoms with Crippen LogP contribution in [0.15, 0.2) is 48.5 Å². The van der Waals surface area contributed by atoms with Crippen LogP contribution < -0.4 is 15.8 Å². The van der Waals surface area contributed by atoms with Gasteiger partial charge < -0.3 is 20.5 Å². The Morgan fingerprint density at radius 3 is 2.32 bits per heavy atom. The predicted octanol–water partition coefficient (Wildman–Crippen LogP) is 3.23. The van der Waals surface area contributed by atoms with Crippen molar-refractivity contribution >= 4 is 11.6 Å². The van der Waals surface area contributed by atoms with Gasteiger partial charge in [0, 0.05) is 11.3 Å². The molecule has 0 amide bonds. The maximum absolute atomic E-state index is 12.4. The van der Waals surface area contributed by atoms with Gasteiger partial charge in [-0.2, -0.15) is 9.67 Å².